The summed E-state index contributed by atoms with van der Waals surface area (Å²) in [4.78, 5) is 0. The molecular weight excluding hydrogens is 336 g/mol. The number of benzene rings is 4. The highest BCUT2D eigenvalue weighted by Gasteiger charge is 2.47. The molecule has 5 rings (SSSR count). The Morgan fingerprint density at radius 2 is 1.04 bits per heavy atom. The SMILES string of the molecule is c1ccc(C2CCc3ccccc3C2(c2ccccc2)c2ccccc2)cc1. The first kappa shape index (κ1) is 17.0. The van der Waals surface area contributed by atoms with E-state index >= 15 is 0 Å². The van der Waals surface area contributed by atoms with E-state index in [0.717, 1.165) is 12.8 Å². The van der Waals surface area contributed by atoms with E-state index in [1.54, 1.807) is 0 Å². The molecule has 0 bridgehead atoms. The molecule has 1 aliphatic rings. The maximum atomic E-state index is 2.35. The Labute approximate surface area is 167 Å². The summed E-state index contributed by atoms with van der Waals surface area (Å²) in [7, 11) is 0. The summed E-state index contributed by atoms with van der Waals surface area (Å²) in [6, 6.07) is 42.3. The molecule has 0 radical (unpaired) electrons. The molecule has 0 nitrogen and oxygen atoms in total. The summed E-state index contributed by atoms with van der Waals surface area (Å²) in [6.45, 7) is 0. The first-order valence-electron chi connectivity index (χ1n) is 10.1. The van der Waals surface area contributed by atoms with Crippen molar-refractivity contribution < 1.29 is 0 Å². The minimum Gasteiger partial charge on any atom is -0.0622 e. The number of hydrogen-bond donors (Lipinski definition) is 0. The van der Waals surface area contributed by atoms with Gasteiger partial charge < -0.3 is 0 Å². The van der Waals surface area contributed by atoms with Crippen LogP contribution in [0, 0.1) is 0 Å². The van der Waals surface area contributed by atoms with Gasteiger partial charge >= 0.3 is 0 Å². The average molecular weight is 361 g/mol. The molecule has 0 fully saturated rings. The van der Waals surface area contributed by atoms with Crippen LogP contribution in [-0.2, 0) is 11.8 Å². The summed E-state index contributed by atoms with van der Waals surface area (Å²) in [5.74, 6) is 0.397. The highest BCUT2D eigenvalue weighted by Crippen LogP contribution is 2.55. The molecule has 0 N–H and O–H groups in total. The molecule has 28 heavy (non-hydrogen) atoms. The van der Waals surface area contributed by atoms with E-state index < -0.39 is 0 Å². The van der Waals surface area contributed by atoms with Crippen molar-refractivity contribution in [3.8, 4) is 0 Å². The maximum absolute atomic E-state index is 2.35. The van der Waals surface area contributed by atoms with Crippen LogP contribution in [0.1, 0.15) is 40.2 Å². The minimum absolute atomic E-state index is 0.182. The second-order valence-corrected chi connectivity index (χ2v) is 7.70. The number of hydrogen-bond acceptors (Lipinski definition) is 0. The zero-order valence-electron chi connectivity index (χ0n) is 16.0. The first-order valence-corrected chi connectivity index (χ1v) is 10.1. The van der Waals surface area contributed by atoms with Crippen LogP contribution < -0.4 is 0 Å². The van der Waals surface area contributed by atoms with Crippen LogP contribution in [0.2, 0.25) is 0 Å². The van der Waals surface area contributed by atoms with Crippen LogP contribution in [0.15, 0.2) is 115 Å². The Morgan fingerprint density at radius 1 is 0.536 bits per heavy atom. The fourth-order valence-electron chi connectivity index (χ4n) is 5.21. The van der Waals surface area contributed by atoms with Gasteiger partial charge in [-0.05, 0) is 40.7 Å². The van der Waals surface area contributed by atoms with E-state index in [9.17, 15) is 0 Å². The molecule has 0 heterocycles. The third kappa shape index (κ3) is 2.60. The smallest absolute Gasteiger partial charge is 0.0522 e. The van der Waals surface area contributed by atoms with E-state index in [2.05, 4.69) is 115 Å². The van der Waals surface area contributed by atoms with Crippen LogP contribution in [0.5, 0.6) is 0 Å². The van der Waals surface area contributed by atoms with Gasteiger partial charge in [0.15, 0.2) is 0 Å². The molecule has 0 saturated heterocycles. The molecule has 4 aromatic rings. The molecule has 1 unspecified atom stereocenters. The van der Waals surface area contributed by atoms with Crippen molar-refractivity contribution in [1.82, 2.24) is 0 Å². The molecule has 0 heteroatoms. The summed E-state index contributed by atoms with van der Waals surface area (Å²) < 4.78 is 0. The molecule has 0 aliphatic heterocycles. The molecule has 0 aromatic heterocycles. The van der Waals surface area contributed by atoms with E-state index in [1.165, 1.54) is 27.8 Å². The second-order valence-electron chi connectivity index (χ2n) is 7.70. The standard InChI is InChI=1S/C28H24/c1-4-12-22(13-5-1)27-21-20-23-14-10-11-19-26(23)28(27,24-15-6-2-7-16-24)25-17-8-3-9-18-25/h1-19,27H,20-21H2. The predicted molar refractivity (Wildman–Crippen MR) is 117 cm³/mol. The van der Waals surface area contributed by atoms with E-state index in [1.807, 2.05) is 0 Å². The molecular formula is C28H24. The first-order chi connectivity index (χ1) is 13.9. The van der Waals surface area contributed by atoms with Gasteiger partial charge in [-0.2, -0.15) is 0 Å². The lowest BCUT2D eigenvalue weighted by molar-refractivity contribution is 0.422. The topological polar surface area (TPSA) is 0 Å². The summed E-state index contributed by atoms with van der Waals surface area (Å²) in [5, 5.41) is 0. The van der Waals surface area contributed by atoms with Crippen molar-refractivity contribution in [2.75, 3.05) is 0 Å². The molecule has 136 valence electrons. The summed E-state index contributed by atoms with van der Waals surface area (Å²) in [6.07, 6.45) is 2.27. The van der Waals surface area contributed by atoms with Gasteiger partial charge in [0.2, 0.25) is 0 Å². The van der Waals surface area contributed by atoms with Crippen LogP contribution in [0.25, 0.3) is 0 Å². The Balaban J connectivity index is 1.89. The lowest BCUT2D eigenvalue weighted by Gasteiger charge is -2.47. The maximum Gasteiger partial charge on any atom is 0.0522 e. The molecule has 0 saturated carbocycles. The van der Waals surface area contributed by atoms with Crippen LogP contribution in [-0.4, -0.2) is 0 Å². The van der Waals surface area contributed by atoms with Crippen molar-refractivity contribution in [1.29, 1.82) is 0 Å². The quantitative estimate of drug-likeness (QED) is 0.379. The van der Waals surface area contributed by atoms with Crippen molar-refractivity contribution in [2.24, 2.45) is 0 Å². The minimum atomic E-state index is -0.182. The van der Waals surface area contributed by atoms with E-state index in [4.69, 9.17) is 0 Å². The van der Waals surface area contributed by atoms with Gasteiger partial charge in [0, 0.05) is 5.92 Å². The van der Waals surface area contributed by atoms with Gasteiger partial charge in [-0.15, -0.1) is 0 Å². The lowest BCUT2D eigenvalue weighted by Crippen LogP contribution is -2.40. The highest BCUT2D eigenvalue weighted by atomic mass is 14.5. The monoisotopic (exact) mass is 360 g/mol. The van der Waals surface area contributed by atoms with Crippen LogP contribution in [0.3, 0.4) is 0 Å². The number of aryl methyl sites for hydroxylation is 1. The van der Waals surface area contributed by atoms with Gasteiger partial charge in [-0.3, -0.25) is 0 Å². The van der Waals surface area contributed by atoms with E-state index in [-0.39, 0.29) is 5.41 Å². The Kier molecular flexibility index (Phi) is 4.33. The average Bonchev–Trinajstić information content (AvgIpc) is 2.80. The molecule has 0 amide bonds. The van der Waals surface area contributed by atoms with Crippen molar-refractivity contribution >= 4 is 0 Å². The van der Waals surface area contributed by atoms with Gasteiger partial charge in [-0.1, -0.05) is 115 Å². The molecule has 4 aromatic carbocycles. The largest absolute Gasteiger partial charge is 0.0622 e. The zero-order valence-corrected chi connectivity index (χ0v) is 16.0. The summed E-state index contributed by atoms with van der Waals surface area (Å²) >= 11 is 0. The van der Waals surface area contributed by atoms with Gasteiger partial charge in [-0.25, -0.2) is 0 Å². The van der Waals surface area contributed by atoms with E-state index in [0.29, 0.717) is 5.92 Å². The Morgan fingerprint density at radius 3 is 1.64 bits per heavy atom. The molecule has 1 aliphatic carbocycles. The third-order valence-corrected chi connectivity index (χ3v) is 6.33. The fraction of sp³-hybridized carbons (Fsp3) is 0.143. The fourth-order valence-corrected chi connectivity index (χ4v) is 5.21. The van der Waals surface area contributed by atoms with Gasteiger partial charge in [0.25, 0.3) is 0 Å². The molecule has 1 atom stereocenters. The number of fused-ring (bicyclic) bond motifs is 1. The zero-order chi connectivity index (χ0) is 18.8. The van der Waals surface area contributed by atoms with Gasteiger partial charge in [0.05, 0.1) is 5.41 Å². The van der Waals surface area contributed by atoms with Crippen LogP contribution >= 0.6 is 0 Å². The number of rotatable bonds is 3. The lowest BCUT2D eigenvalue weighted by atomic mass is 9.55. The molecule has 0 spiro atoms. The van der Waals surface area contributed by atoms with Gasteiger partial charge in [0.1, 0.15) is 0 Å². The Hall–Kier alpha value is -3.12. The predicted octanol–water partition coefficient (Wildman–Crippen LogP) is 6.75. The second kappa shape index (κ2) is 7.13. The van der Waals surface area contributed by atoms with Crippen molar-refractivity contribution in [2.45, 2.75) is 24.2 Å². The Bertz CT molecular complexity index is 1010. The van der Waals surface area contributed by atoms with Crippen molar-refractivity contribution in [3.05, 3.63) is 143 Å². The highest BCUT2D eigenvalue weighted by molar-refractivity contribution is 5.58. The van der Waals surface area contributed by atoms with Crippen LogP contribution in [0.4, 0.5) is 0 Å². The van der Waals surface area contributed by atoms with Crippen molar-refractivity contribution in [3.63, 3.8) is 0 Å². The summed E-state index contributed by atoms with van der Waals surface area (Å²) in [5.41, 5.74) is 6.92. The third-order valence-electron chi connectivity index (χ3n) is 6.33. The normalized spacial score (nSPS) is 17.6.